The minimum atomic E-state index is -0.469. The molecule has 0 saturated carbocycles. The lowest BCUT2D eigenvalue weighted by Crippen LogP contribution is -2.28. The maximum Gasteiger partial charge on any atom is 0.137 e. The number of hydrogen-bond donors (Lipinski definition) is 1. The van der Waals surface area contributed by atoms with Crippen LogP contribution in [0, 0.1) is 0 Å². The fourth-order valence-corrected chi connectivity index (χ4v) is 16.2. The van der Waals surface area contributed by atoms with Gasteiger partial charge in [-0.05, 0) is 186 Å². The standard InChI is InChI=1S/C49H33NO.C31H19ClO.C18H15N.CH4.B/c1-5-15-34(16-6-1)35-25-27-39(28-26-35)50(38-21-11-4-12-22-38)40-29-30-42-44-32-43-41-23-13-14-24-45(41)49(36-17-7-2-8-18-36,37-19-9-3-10-20-37)46(43)33-48(44)51-47(42)31-40;32-22-15-16-24-26-18-25-23-13-7-8-14-27(23)31(20-9-3-1-4-10-20,21-11-5-2-6-12-21)28(25)19-30(26)33-29(24)17-22;1-3-7-15(8-4-1)16-11-13-18(14-12-16)19-17-9-5-2-6-10-17;;/h1-33H;1-19H;1-14,19H;1H4;. The van der Waals surface area contributed by atoms with Crippen molar-refractivity contribution in [1.82, 2.24) is 0 Å². The van der Waals surface area contributed by atoms with E-state index in [4.69, 9.17) is 20.4 Å². The Labute approximate surface area is 620 Å². The number of fused-ring (bicyclic) bond motifs is 12. The van der Waals surface area contributed by atoms with Crippen molar-refractivity contribution in [3.05, 3.63) is 450 Å². The molecule has 0 spiro atoms. The van der Waals surface area contributed by atoms with Crippen LogP contribution in [-0.2, 0) is 10.8 Å². The highest BCUT2D eigenvalue weighted by Crippen LogP contribution is 2.59. The number of halogens is 1. The monoisotopic (exact) mass is 1370 g/mol. The van der Waals surface area contributed by atoms with Crippen LogP contribution < -0.4 is 10.2 Å². The van der Waals surface area contributed by atoms with E-state index in [1.165, 1.54) is 89.0 Å². The molecule has 3 radical (unpaired) electrons. The summed E-state index contributed by atoms with van der Waals surface area (Å²) in [5, 5.41) is 8.51. The van der Waals surface area contributed by atoms with Crippen molar-refractivity contribution >= 4 is 92.3 Å². The molecule has 0 amide bonds. The van der Waals surface area contributed by atoms with Gasteiger partial charge in [0.1, 0.15) is 22.3 Å². The highest BCUT2D eigenvalue weighted by atomic mass is 35.5. The first-order chi connectivity index (χ1) is 51.0. The van der Waals surface area contributed by atoms with E-state index in [2.05, 4.69) is 374 Å². The number of benzene rings is 16. The second-order valence-electron chi connectivity index (χ2n) is 26.4. The van der Waals surface area contributed by atoms with Crippen molar-refractivity contribution in [3.8, 4) is 44.5 Å². The zero-order chi connectivity index (χ0) is 68.7. The van der Waals surface area contributed by atoms with E-state index in [1.807, 2.05) is 36.4 Å². The third-order valence-electron chi connectivity index (χ3n) is 20.6. The summed E-state index contributed by atoms with van der Waals surface area (Å²) in [6.07, 6.45) is 0. The van der Waals surface area contributed by atoms with Crippen LogP contribution >= 0.6 is 11.6 Å². The van der Waals surface area contributed by atoms with Crippen LogP contribution in [0.2, 0.25) is 5.02 Å². The molecule has 20 rings (SSSR count). The summed E-state index contributed by atoms with van der Waals surface area (Å²) in [6, 6.07) is 142. The fraction of sp³-hybridized carbons (Fsp3) is 0.0303. The van der Waals surface area contributed by atoms with Crippen LogP contribution in [0.25, 0.3) is 88.4 Å². The molecule has 18 aromatic rings. The molecule has 105 heavy (non-hydrogen) atoms. The van der Waals surface area contributed by atoms with Gasteiger partial charge in [0.15, 0.2) is 0 Å². The molecule has 4 nitrogen and oxygen atoms in total. The van der Waals surface area contributed by atoms with Gasteiger partial charge in [0.2, 0.25) is 0 Å². The lowest BCUT2D eigenvalue weighted by Gasteiger charge is -2.33. The quantitative estimate of drug-likeness (QED) is 0.131. The van der Waals surface area contributed by atoms with Gasteiger partial charge in [-0.15, -0.1) is 0 Å². The molecule has 2 aromatic heterocycles. The predicted octanol–water partition coefficient (Wildman–Crippen LogP) is 27.0. The second kappa shape index (κ2) is 28.5. The summed E-state index contributed by atoms with van der Waals surface area (Å²) >= 11 is 6.26. The Morgan fingerprint density at radius 3 is 1.02 bits per heavy atom. The Bertz CT molecular complexity index is 5980. The SMILES string of the molecule is C.Clc1ccc2c(c1)oc1cc3c(cc12)-c1ccccc1C3(c1ccccc1)c1ccccc1.[B].c1ccc(-c2ccc(N(c3ccccc3)c3ccc4c(c3)oc3cc5c(cc34)-c3ccccc3C5(c3ccccc3)c3ccccc3)cc2)cc1.c1ccc(Nc2ccc(-c3ccccc3)cc2)cc1. The normalized spacial score (nSPS) is 12.4. The highest BCUT2D eigenvalue weighted by molar-refractivity contribution is 6.31. The Kier molecular flexibility index (Phi) is 18.1. The van der Waals surface area contributed by atoms with E-state index in [1.54, 1.807) is 0 Å². The van der Waals surface area contributed by atoms with Crippen molar-refractivity contribution in [2.45, 2.75) is 18.3 Å². The van der Waals surface area contributed by atoms with E-state index in [0.29, 0.717) is 5.02 Å². The van der Waals surface area contributed by atoms with Crippen LogP contribution in [0.5, 0.6) is 0 Å². The first-order valence-corrected chi connectivity index (χ1v) is 35.4. The number of para-hydroxylation sites is 2. The van der Waals surface area contributed by atoms with Gasteiger partial charge in [0.25, 0.3) is 0 Å². The second-order valence-corrected chi connectivity index (χ2v) is 26.8. The molecular weight excluding hydrogens is 1300 g/mol. The Morgan fingerprint density at radius 2 is 0.571 bits per heavy atom. The minimum Gasteiger partial charge on any atom is -0.456 e. The number of rotatable bonds is 11. The van der Waals surface area contributed by atoms with Crippen LogP contribution in [0.4, 0.5) is 28.4 Å². The van der Waals surface area contributed by atoms with E-state index in [9.17, 15) is 0 Å². The molecular formula is C99H71BClN2O2. The average molecular weight is 1370 g/mol. The molecule has 0 atom stereocenters. The van der Waals surface area contributed by atoms with Crippen molar-refractivity contribution in [2.75, 3.05) is 10.2 Å². The smallest absolute Gasteiger partial charge is 0.137 e. The molecule has 0 bridgehead atoms. The molecule has 6 heteroatoms. The molecule has 0 saturated heterocycles. The number of anilines is 5. The first-order valence-electron chi connectivity index (χ1n) is 35.0. The zero-order valence-electron chi connectivity index (χ0n) is 56.8. The number of nitrogens with one attached hydrogen (secondary N) is 1. The number of furan rings is 2. The average Bonchev–Trinajstić information content (AvgIpc) is 1.54. The summed E-state index contributed by atoms with van der Waals surface area (Å²) in [7, 11) is 0. The van der Waals surface area contributed by atoms with E-state index in [0.717, 1.165) is 72.3 Å². The molecule has 499 valence electrons. The summed E-state index contributed by atoms with van der Waals surface area (Å²) < 4.78 is 13.2. The van der Waals surface area contributed by atoms with Crippen molar-refractivity contribution in [2.24, 2.45) is 0 Å². The zero-order valence-corrected chi connectivity index (χ0v) is 57.6. The molecule has 16 aromatic carbocycles. The van der Waals surface area contributed by atoms with Crippen molar-refractivity contribution < 1.29 is 8.83 Å². The van der Waals surface area contributed by atoms with Crippen LogP contribution in [0.15, 0.2) is 409 Å². The molecule has 2 aliphatic carbocycles. The van der Waals surface area contributed by atoms with Gasteiger partial charge in [-0.1, -0.05) is 310 Å². The van der Waals surface area contributed by atoms with Crippen LogP contribution in [0.1, 0.15) is 51.9 Å². The lowest BCUT2D eigenvalue weighted by atomic mass is 9.67. The molecule has 0 unspecified atom stereocenters. The van der Waals surface area contributed by atoms with Gasteiger partial charge in [0, 0.05) is 75.6 Å². The summed E-state index contributed by atoms with van der Waals surface area (Å²) in [6.45, 7) is 0. The highest BCUT2D eigenvalue weighted by Gasteiger charge is 2.48. The Balaban J connectivity index is 0.000000134. The first kappa shape index (κ1) is 66.6. The number of nitrogens with zero attached hydrogens (tertiary/aromatic N) is 1. The van der Waals surface area contributed by atoms with Crippen LogP contribution in [0.3, 0.4) is 0 Å². The van der Waals surface area contributed by atoms with Gasteiger partial charge in [0.05, 0.1) is 10.8 Å². The lowest BCUT2D eigenvalue weighted by molar-refractivity contribution is 0.665. The van der Waals surface area contributed by atoms with E-state index in [-0.39, 0.29) is 15.8 Å². The van der Waals surface area contributed by atoms with Gasteiger partial charge in [-0.25, -0.2) is 0 Å². The Morgan fingerprint density at radius 1 is 0.248 bits per heavy atom. The summed E-state index contributed by atoms with van der Waals surface area (Å²) in [5.41, 5.74) is 28.0. The van der Waals surface area contributed by atoms with Crippen molar-refractivity contribution in [3.63, 3.8) is 0 Å². The topological polar surface area (TPSA) is 41.6 Å². The van der Waals surface area contributed by atoms with Gasteiger partial charge in [-0.3, -0.25) is 0 Å². The molecule has 2 aliphatic rings. The maximum absolute atomic E-state index is 6.85. The minimum absolute atomic E-state index is 0. The molecule has 1 N–H and O–H groups in total. The summed E-state index contributed by atoms with van der Waals surface area (Å²) in [4.78, 5) is 2.30. The van der Waals surface area contributed by atoms with E-state index >= 15 is 0 Å². The van der Waals surface area contributed by atoms with Gasteiger partial charge in [-0.2, -0.15) is 0 Å². The molecule has 2 heterocycles. The largest absolute Gasteiger partial charge is 0.456 e. The molecule has 0 fully saturated rings. The predicted molar refractivity (Wildman–Crippen MR) is 441 cm³/mol. The number of hydrogen-bond acceptors (Lipinski definition) is 4. The summed E-state index contributed by atoms with van der Waals surface area (Å²) in [5.74, 6) is 0. The third kappa shape index (κ3) is 11.8. The maximum atomic E-state index is 6.85. The van der Waals surface area contributed by atoms with Gasteiger partial charge < -0.3 is 19.1 Å². The Hall–Kier alpha value is -12.9. The van der Waals surface area contributed by atoms with Gasteiger partial charge >= 0.3 is 0 Å². The van der Waals surface area contributed by atoms with E-state index < -0.39 is 10.8 Å². The van der Waals surface area contributed by atoms with Crippen LogP contribution in [-0.4, -0.2) is 8.41 Å². The fourth-order valence-electron chi connectivity index (χ4n) is 16.0. The molecule has 0 aliphatic heterocycles. The van der Waals surface area contributed by atoms with Crippen molar-refractivity contribution in [1.29, 1.82) is 0 Å². The third-order valence-corrected chi connectivity index (χ3v) is 20.8.